The number of ether oxygens (including phenoxy) is 2. The van der Waals surface area contributed by atoms with E-state index in [2.05, 4.69) is 0 Å². The number of likely N-dealkylation sites (N-methyl/N-ethyl adjacent to an activating group) is 1. The van der Waals surface area contributed by atoms with Crippen molar-refractivity contribution in [3.63, 3.8) is 0 Å². The van der Waals surface area contributed by atoms with Crippen molar-refractivity contribution in [1.29, 1.82) is 0 Å². The fourth-order valence-corrected chi connectivity index (χ4v) is 3.98. The molecule has 176 valence electrons. The summed E-state index contributed by atoms with van der Waals surface area (Å²) in [6.07, 6.45) is -4.19. The first-order valence-corrected chi connectivity index (χ1v) is 11.2. The molecule has 0 aromatic heterocycles. The summed E-state index contributed by atoms with van der Waals surface area (Å²) in [6, 6.07) is 24.0. The molecule has 0 saturated carbocycles. The number of imide groups is 1. The SMILES string of the molecule is C[C@H]1[C@@H](c2ccccc2)OC(=O)N(C(=O)[C@@H](Oc2ccccc2)[C@H](O)c2ccc(Cl)cc2)N1C. The number of hydrogen-bond acceptors (Lipinski definition) is 6. The third kappa shape index (κ3) is 4.92. The third-order valence-corrected chi connectivity index (χ3v) is 6.08. The molecule has 0 spiro atoms. The van der Waals surface area contributed by atoms with Crippen LogP contribution in [0, 0.1) is 0 Å². The molecule has 1 aliphatic heterocycles. The fraction of sp³-hybridized carbons (Fsp3) is 0.231. The van der Waals surface area contributed by atoms with Crippen LogP contribution in [0.5, 0.6) is 5.75 Å². The number of carbonyl (C=O) groups is 2. The number of aliphatic hydroxyl groups excluding tert-OH is 1. The van der Waals surface area contributed by atoms with E-state index in [1.165, 1.54) is 5.01 Å². The van der Waals surface area contributed by atoms with Crippen molar-refractivity contribution in [3.8, 4) is 5.75 Å². The molecule has 1 saturated heterocycles. The molecule has 3 aromatic rings. The summed E-state index contributed by atoms with van der Waals surface area (Å²) in [5, 5.41) is 14.0. The molecular formula is C26H25ClN2O5. The zero-order valence-electron chi connectivity index (χ0n) is 18.7. The lowest BCUT2D eigenvalue weighted by Crippen LogP contribution is -2.61. The number of hydrogen-bond donors (Lipinski definition) is 1. The lowest BCUT2D eigenvalue weighted by molar-refractivity contribution is -0.174. The lowest BCUT2D eigenvalue weighted by Gasteiger charge is -2.43. The number of hydrazine groups is 1. The molecule has 0 radical (unpaired) electrons. The Kier molecular flexibility index (Phi) is 7.17. The molecule has 4 atom stereocenters. The second kappa shape index (κ2) is 10.3. The van der Waals surface area contributed by atoms with E-state index in [1.54, 1.807) is 61.6 Å². The van der Waals surface area contributed by atoms with Crippen LogP contribution in [0.2, 0.25) is 5.02 Å². The van der Waals surface area contributed by atoms with E-state index in [-0.39, 0.29) is 6.04 Å². The molecule has 1 heterocycles. The Morgan fingerprint density at radius 1 is 1.00 bits per heavy atom. The van der Waals surface area contributed by atoms with Crippen molar-refractivity contribution >= 4 is 23.6 Å². The number of aliphatic hydroxyl groups is 1. The summed E-state index contributed by atoms with van der Waals surface area (Å²) in [6.45, 7) is 1.85. The van der Waals surface area contributed by atoms with Gasteiger partial charge in [0.1, 0.15) is 18.0 Å². The van der Waals surface area contributed by atoms with Gasteiger partial charge in [0.05, 0.1) is 6.04 Å². The minimum Gasteiger partial charge on any atom is -0.477 e. The van der Waals surface area contributed by atoms with Gasteiger partial charge < -0.3 is 14.6 Å². The minimum atomic E-state index is -1.42. The number of carbonyl (C=O) groups excluding carboxylic acids is 2. The highest BCUT2D eigenvalue weighted by Gasteiger charge is 2.46. The Morgan fingerprint density at radius 2 is 1.59 bits per heavy atom. The van der Waals surface area contributed by atoms with Crippen LogP contribution in [-0.4, -0.2) is 46.3 Å². The number of benzene rings is 3. The maximum Gasteiger partial charge on any atom is 0.432 e. The smallest absolute Gasteiger partial charge is 0.432 e. The van der Waals surface area contributed by atoms with Crippen LogP contribution in [0.4, 0.5) is 4.79 Å². The Balaban J connectivity index is 1.63. The summed E-state index contributed by atoms with van der Waals surface area (Å²) < 4.78 is 11.6. The average molecular weight is 481 g/mol. The van der Waals surface area contributed by atoms with Gasteiger partial charge in [-0.1, -0.05) is 72.3 Å². The summed E-state index contributed by atoms with van der Waals surface area (Å²) in [5.74, 6) is -0.380. The molecular weight excluding hydrogens is 456 g/mol. The van der Waals surface area contributed by atoms with Crippen LogP contribution >= 0.6 is 11.6 Å². The van der Waals surface area contributed by atoms with Crippen molar-refractivity contribution in [2.45, 2.75) is 31.3 Å². The number of cyclic esters (lactones) is 1. The zero-order chi connectivity index (χ0) is 24.2. The molecule has 4 rings (SSSR count). The molecule has 8 heteroatoms. The van der Waals surface area contributed by atoms with Crippen LogP contribution in [0.15, 0.2) is 84.9 Å². The molecule has 7 nitrogen and oxygen atoms in total. The highest BCUT2D eigenvalue weighted by Crippen LogP contribution is 2.33. The molecule has 1 aliphatic rings. The maximum absolute atomic E-state index is 13.7. The maximum atomic E-state index is 13.7. The Hall–Kier alpha value is -3.39. The van der Waals surface area contributed by atoms with Gasteiger partial charge in [0.15, 0.2) is 0 Å². The predicted octanol–water partition coefficient (Wildman–Crippen LogP) is 4.78. The number of halogens is 1. The second-order valence-electron chi connectivity index (χ2n) is 8.03. The average Bonchev–Trinajstić information content (AvgIpc) is 2.86. The van der Waals surface area contributed by atoms with E-state index in [9.17, 15) is 14.7 Å². The van der Waals surface area contributed by atoms with Crippen LogP contribution in [-0.2, 0) is 9.53 Å². The quantitative estimate of drug-likeness (QED) is 0.547. The number of para-hydroxylation sites is 1. The van der Waals surface area contributed by atoms with E-state index in [0.29, 0.717) is 16.3 Å². The first kappa shape index (κ1) is 23.8. The molecule has 34 heavy (non-hydrogen) atoms. The van der Waals surface area contributed by atoms with E-state index >= 15 is 0 Å². The summed E-state index contributed by atoms with van der Waals surface area (Å²) >= 11 is 5.97. The molecule has 0 bridgehead atoms. The lowest BCUT2D eigenvalue weighted by atomic mass is 10.0. The van der Waals surface area contributed by atoms with Crippen molar-refractivity contribution in [1.82, 2.24) is 10.0 Å². The van der Waals surface area contributed by atoms with Crippen molar-refractivity contribution < 1.29 is 24.2 Å². The van der Waals surface area contributed by atoms with Crippen molar-refractivity contribution in [2.24, 2.45) is 0 Å². The molecule has 0 aliphatic carbocycles. The van der Waals surface area contributed by atoms with Gasteiger partial charge in [-0.3, -0.25) is 4.79 Å². The topological polar surface area (TPSA) is 79.3 Å². The standard InChI is InChI=1S/C26H25ClN2O5/c1-17-23(19-9-5-3-6-10-19)34-26(32)29(28(17)2)25(31)24(33-21-11-7-4-8-12-21)22(30)18-13-15-20(27)16-14-18/h3-17,22-24,30H,1-2H3/t17-,22+,23-,24-/m0/s1. The van der Waals surface area contributed by atoms with Gasteiger partial charge in [-0.15, -0.1) is 0 Å². The Labute approximate surface area is 203 Å². The third-order valence-electron chi connectivity index (χ3n) is 5.83. The largest absolute Gasteiger partial charge is 0.477 e. The molecule has 0 unspecified atom stereocenters. The highest BCUT2D eigenvalue weighted by molar-refractivity contribution is 6.30. The van der Waals surface area contributed by atoms with Gasteiger partial charge in [-0.25, -0.2) is 9.80 Å². The zero-order valence-corrected chi connectivity index (χ0v) is 19.5. The summed E-state index contributed by atoms with van der Waals surface area (Å²) in [4.78, 5) is 26.7. The van der Waals surface area contributed by atoms with Gasteiger partial charge >= 0.3 is 6.09 Å². The summed E-state index contributed by atoms with van der Waals surface area (Å²) in [5.41, 5.74) is 1.24. The minimum absolute atomic E-state index is 0.353. The van der Waals surface area contributed by atoms with Gasteiger partial charge in [0, 0.05) is 12.1 Å². The Bertz CT molecular complexity index is 1130. The fourth-order valence-electron chi connectivity index (χ4n) is 3.85. The highest BCUT2D eigenvalue weighted by atomic mass is 35.5. The van der Waals surface area contributed by atoms with Gasteiger partial charge in [-0.2, -0.15) is 5.01 Å². The predicted molar refractivity (Wildman–Crippen MR) is 127 cm³/mol. The Morgan fingerprint density at radius 3 is 2.21 bits per heavy atom. The van der Waals surface area contributed by atoms with Gasteiger partial charge in [-0.05, 0) is 42.3 Å². The number of rotatable bonds is 6. The molecule has 1 fully saturated rings. The van der Waals surface area contributed by atoms with E-state index in [4.69, 9.17) is 21.1 Å². The molecule has 1 N–H and O–H groups in total. The van der Waals surface area contributed by atoms with E-state index < -0.39 is 30.3 Å². The number of amides is 2. The first-order valence-electron chi connectivity index (χ1n) is 10.8. The summed E-state index contributed by atoms with van der Waals surface area (Å²) in [7, 11) is 1.63. The second-order valence-corrected chi connectivity index (χ2v) is 8.46. The van der Waals surface area contributed by atoms with Crippen molar-refractivity contribution in [2.75, 3.05) is 7.05 Å². The van der Waals surface area contributed by atoms with E-state index in [0.717, 1.165) is 10.6 Å². The van der Waals surface area contributed by atoms with Crippen LogP contribution in [0.3, 0.4) is 0 Å². The normalized spacial score (nSPS) is 20.4. The van der Waals surface area contributed by atoms with E-state index in [1.807, 2.05) is 37.3 Å². The molecule has 3 aromatic carbocycles. The van der Waals surface area contributed by atoms with Crippen LogP contribution in [0.25, 0.3) is 0 Å². The van der Waals surface area contributed by atoms with Crippen LogP contribution < -0.4 is 4.74 Å². The van der Waals surface area contributed by atoms with Gasteiger partial charge in [0.25, 0.3) is 5.91 Å². The van der Waals surface area contributed by atoms with Crippen LogP contribution in [0.1, 0.15) is 30.3 Å². The monoisotopic (exact) mass is 480 g/mol. The molecule has 2 amide bonds. The van der Waals surface area contributed by atoms with Gasteiger partial charge in [0.2, 0.25) is 6.10 Å². The first-order chi connectivity index (χ1) is 16.4. The van der Waals surface area contributed by atoms with Crippen molar-refractivity contribution in [3.05, 3.63) is 101 Å². The number of nitrogens with zero attached hydrogens (tertiary/aromatic N) is 2.